The maximum absolute atomic E-state index is 10.9. The Hall–Kier alpha value is -1.62. The average molecular weight is 223 g/mol. The highest BCUT2D eigenvalue weighted by molar-refractivity contribution is 5.66. The summed E-state index contributed by atoms with van der Waals surface area (Å²) in [6.07, 6.45) is 3.18. The van der Waals surface area contributed by atoms with E-state index in [2.05, 4.69) is 15.6 Å². The summed E-state index contributed by atoms with van der Waals surface area (Å²) < 4.78 is 4.72. The molecule has 1 aromatic rings. The summed E-state index contributed by atoms with van der Waals surface area (Å²) in [5.41, 5.74) is 1.12. The normalized spacial score (nSPS) is 9.81. The van der Waals surface area contributed by atoms with Gasteiger partial charge in [0.25, 0.3) is 0 Å². The van der Waals surface area contributed by atoms with Crippen LogP contribution in [0.1, 0.15) is 12.5 Å². The molecule has 88 valence electrons. The number of ether oxygens (including phenoxy) is 1. The molecule has 0 saturated carbocycles. The van der Waals surface area contributed by atoms with Crippen LogP contribution in [0.15, 0.2) is 24.5 Å². The van der Waals surface area contributed by atoms with Crippen LogP contribution < -0.4 is 10.6 Å². The first-order chi connectivity index (χ1) is 7.83. The minimum atomic E-state index is -0.370. The Morgan fingerprint density at radius 3 is 3.06 bits per heavy atom. The van der Waals surface area contributed by atoms with E-state index in [0.717, 1.165) is 12.1 Å². The largest absolute Gasteiger partial charge is 0.450 e. The summed E-state index contributed by atoms with van der Waals surface area (Å²) in [4.78, 5) is 14.9. The number of alkyl carbamates (subject to hydrolysis) is 1. The fraction of sp³-hybridized carbons (Fsp3) is 0.455. The second kappa shape index (κ2) is 7.64. The molecule has 0 unspecified atom stereocenters. The first-order valence-corrected chi connectivity index (χ1v) is 5.33. The molecule has 1 rings (SSSR count). The van der Waals surface area contributed by atoms with Crippen molar-refractivity contribution < 1.29 is 9.53 Å². The molecule has 0 aliphatic heterocycles. The molecular weight excluding hydrogens is 206 g/mol. The van der Waals surface area contributed by atoms with Crippen molar-refractivity contribution in [3.63, 3.8) is 0 Å². The quantitative estimate of drug-likeness (QED) is 0.704. The van der Waals surface area contributed by atoms with E-state index in [9.17, 15) is 4.79 Å². The van der Waals surface area contributed by atoms with Crippen molar-refractivity contribution in [2.45, 2.75) is 13.5 Å². The van der Waals surface area contributed by atoms with Crippen molar-refractivity contribution in [3.05, 3.63) is 30.1 Å². The van der Waals surface area contributed by atoms with Crippen molar-refractivity contribution in [1.29, 1.82) is 0 Å². The van der Waals surface area contributed by atoms with Crippen LogP contribution >= 0.6 is 0 Å². The van der Waals surface area contributed by atoms with Crippen LogP contribution in [0.5, 0.6) is 0 Å². The number of hydrogen-bond acceptors (Lipinski definition) is 4. The third-order valence-electron chi connectivity index (χ3n) is 1.90. The van der Waals surface area contributed by atoms with Gasteiger partial charge in [0.2, 0.25) is 0 Å². The zero-order valence-electron chi connectivity index (χ0n) is 9.40. The number of aromatic nitrogens is 1. The smallest absolute Gasteiger partial charge is 0.407 e. The van der Waals surface area contributed by atoms with Crippen molar-refractivity contribution in [2.24, 2.45) is 0 Å². The Morgan fingerprint density at radius 1 is 1.50 bits per heavy atom. The Labute approximate surface area is 95.2 Å². The molecule has 0 radical (unpaired) electrons. The fourth-order valence-electron chi connectivity index (χ4n) is 1.17. The van der Waals surface area contributed by atoms with Gasteiger partial charge in [-0.05, 0) is 18.6 Å². The van der Waals surface area contributed by atoms with Crippen molar-refractivity contribution in [2.75, 3.05) is 19.7 Å². The first kappa shape index (κ1) is 12.4. The molecule has 2 N–H and O–H groups in total. The third-order valence-corrected chi connectivity index (χ3v) is 1.90. The zero-order chi connectivity index (χ0) is 11.6. The van der Waals surface area contributed by atoms with Gasteiger partial charge in [0.1, 0.15) is 0 Å². The van der Waals surface area contributed by atoms with Crippen molar-refractivity contribution in [1.82, 2.24) is 15.6 Å². The lowest BCUT2D eigenvalue weighted by molar-refractivity contribution is 0.152. The topological polar surface area (TPSA) is 63.2 Å². The van der Waals surface area contributed by atoms with Gasteiger partial charge in [-0.25, -0.2) is 4.79 Å². The highest BCUT2D eigenvalue weighted by Crippen LogP contribution is 1.93. The Morgan fingerprint density at radius 2 is 2.38 bits per heavy atom. The summed E-state index contributed by atoms with van der Waals surface area (Å²) in [5, 5.41) is 5.82. The second-order valence-corrected chi connectivity index (χ2v) is 3.19. The number of carbonyl (C=O) groups excluding carboxylic acids is 1. The van der Waals surface area contributed by atoms with Gasteiger partial charge in [0, 0.05) is 32.0 Å². The Bertz CT molecular complexity index is 303. The molecule has 1 heterocycles. The predicted octanol–water partition coefficient (Wildman–Crippen LogP) is 0.917. The monoisotopic (exact) mass is 223 g/mol. The van der Waals surface area contributed by atoms with Crippen LogP contribution in [0.2, 0.25) is 0 Å². The molecule has 5 heteroatoms. The van der Waals surface area contributed by atoms with Crippen LogP contribution in [0.4, 0.5) is 4.79 Å². The molecule has 0 aromatic carbocycles. The molecule has 1 aromatic heterocycles. The van der Waals surface area contributed by atoms with Crippen LogP contribution in [-0.4, -0.2) is 30.8 Å². The number of nitrogens with one attached hydrogen (secondary N) is 2. The standard InChI is InChI=1S/C11H17N3O2/c1-2-16-11(15)14-7-6-13-9-10-4-3-5-12-8-10/h3-5,8,13H,2,6-7,9H2,1H3,(H,14,15). The molecule has 16 heavy (non-hydrogen) atoms. The molecule has 0 aliphatic carbocycles. The minimum absolute atomic E-state index is 0.370. The molecule has 5 nitrogen and oxygen atoms in total. The number of nitrogens with zero attached hydrogens (tertiary/aromatic N) is 1. The lowest BCUT2D eigenvalue weighted by atomic mass is 10.3. The third kappa shape index (κ3) is 5.31. The number of amides is 1. The number of carbonyl (C=O) groups is 1. The second-order valence-electron chi connectivity index (χ2n) is 3.19. The maximum atomic E-state index is 10.9. The molecule has 0 aliphatic rings. The lowest BCUT2D eigenvalue weighted by Gasteiger charge is -2.06. The number of hydrogen-bond donors (Lipinski definition) is 2. The zero-order valence-corrected chi connectivity index (χ0v) is 9.40. The van der Waals surface area contributed by atoms with E-state index in [-0.39, 0.29) is 6.09 Å². The molecule has 0 fully saturated rings. The van der Waals surface area contributed by atoms with Crippen molar-refractivity contribution in [3.8, 4) is 0 Å². The van der Waals surface area contributed by atoms with Gasteiger partial charge in [-0.1, -0.05) is 6.07 Å². The van der Waals surface area contributed by atoms with Gasteiger partial charge in [0.15, 0.2) is 0 Å². The van der Waals surface area contributed by atoms with Crippen LogP contribution in [0.25, 0.3) is 0 Å². The van der Waals surface area contributed by atoms with Crippen LogP contribution in [0, 0.1) is 0 Å². The van der Waals surface area contributed by atoms with Gasteiger partial charge < -0.3 is 15.4 Å². The van der Waals surface area contributed by atoms with Gasteiger partial charge in [-0.15, -0.1) is 0 Å². The Balaban J connectivity index is 2.02. The van der Waals surface area contributed by atoms with E-state index in [1.54, 1.807) is 13.1 Å². The van der Waals surface area contributed by atoms with Crippen LogP contribution in [0.3, 0.4) is 0 Å². The molecule has 0 bridgehead atoms. The van der Waals surface area contributed by atoms with E-state index in [1.165, 1.54) is 0 Å². The molecule has 1 amide bonds. The highest BCUT2D eigenvalue weighted by Gasteiger charge is 1.97. The maximum Gasteiger partial charge on any atom is 0.407 e. The lowest BCUT2D eigenvalue weighted by Crippen LogP contribution is -2.32. The van der Waals surface area contributed by atoms with Gasteiger partial charge in [0.05, 0.1) is 6.61 Å². The number of pyridine rings is 1. The van der Waals surface area contributed by atoms with Gasteiger partial charge in [-0.3, -0.25) is 4.98 Å². The van der Waals surface area contributed by atoms with E-state index >= 15 is 0 Å². The number of rotatable bonds is 6. The summed E-state index contributed by atoms with van der Waals surface area (Å²) in [7, 11) is 0. The fourth-order valence-corrected chi connectivity index (χ4v) is 1.17. The summed E-state index contributed by atoms with van der Waals surface area (Å²) in [5.74, 6) is 0. The van der Waals surface area contributed by atoms with E-state index in [0.29, 0.717) is 19.7 Å². The van der Waals surface area contributed by atoms with Gasteiger partial charge in [-0.2, -0.15) is 0 Å². The van der Waals surface area contributed by atoms with Crippen molar-refractivity contribution >= 4 is 6.09 Å². The van der Waals surface area contributed by atoms with E-state index in [4.69, 9.17) is 4.74 Å². The molecule has 0 atom stereocenters. The van der Waals surface area contributed by atoms with Gasteiger partial charge >= 0.3 is 6.09 Å². The SMILES string of the molecule is CCOC(=O)NCCNCc1cccnc1. The summed E-state index contributed by atoms with van der Waals surface area (Å²) >= 11 is 0. The molecule has 0 saturated heterocycles. The average Bonchev–Trinajstić information content (AvgIpc) is 2.30. The molecule has 0 spiro atoms. The molecular formula is C11H17N3O2. The predicted molar refractivity (Wildman–Crippen MR) is 61.0 cm³/mol. The van der Waals surface area contributed by atoms with Crippen LogP contribution in [-0.2, 0) is 11.3 Å². The van der Waals surface area contributed by atoms with E-state index in [1.807, 2.05) is 18.3 Å². The minimum Gasteiger partial charge on any atom is -0.450 e. The van der Waals surface area contributed by atoms with E-state index < -0.39 is 0 Å². The first-order valence-electron chi connectivity index (χ1n) is 5.33. The highest BCUT2D eigenvalue weighted by atomic mass is 16.5. The summed E-state index contributed by atoms with van der Waals surface area (Å²) in [6, 6.07) is 3.90. The Kier molecular flexibility index (Phi) is 5.95. The summed E-state index contributed by atoms with van der Waals surface area (Å²) in [6.45, 7) is 4.18.